The number of carbonyl (C=O) groups excluding carboxylic acids is 6. The third-order valence-corrected chi connectivity index (χ3v) is 5.67. The molecule has 0 radical (unpaired) electrons. The summed E-state index contributed by atoms with van der Waals surface area (Å²) >= 11 is 0.908. The maximum atomic E-state index is 12.6. The van der Waals surface area contributed by atoms with Crippen molar-refractivity contribution >= 4 is 46.9 Å². The van der Waals surface area contributed by atoms with Crippen LogP contribution >= 0.6 is 11.8 Å². The third-order valence-electron chi connectivity index (χ3n) is 4.60. The van der Waals surface area contributed by atoms with Gasteiger partial charge < -0.3 is 19.7 Å². The molecule has 192 valence electrons. The van der Waals surface area contributed by atoms with E-state index in [1.807, 2.05) is 0 Å². The van der Waals surface area contributed by atoms with E-state index in [2.05, 4.69) is 5.32 Å². The Bertz CT molecular complexity index is 947. The van der Waals surface area contributed by atoms with Crippen molar-refractivity contribution in [1.29, 1.82) is 0 Å². The van der Waals surface area contributed by atoms with Crippen LogP contribution in [0.1, 0.15) is 67.7 Å². The van der Waals surface area contributed by atoms with E-state index >= 15 is 0 Å². The topological polar surface area (TPSA) is 136 Å². The number of rotatable bonds is 13. The molecular weight excluding hydrogens is 476 g/mol. The highest BCUT2D eigenvalue weighted by Gasteiger charge is 2.26. The number of hydrogen-bond donors (Lipinski definition) is 1. The van der Waals surface area contributed by atoms with Crippen LogP contribution in [-0.4, -0.2) is 71.2 Å². The monoisotopic (exact) mass is 508 g/mol. The molecule has 0 aliphatic carbocycles. The fourth-order valence-corrected chi connectivity index (χ4v) is 3.90. The average Bonchev–Trinajstić information content (AvgIpc) is 2.76. The Morgan fingerprint density at radius 2 is 1.77 bits per heavy atom. The first-order valence-electron chi connectivity index (χ1n) is 11.0. The van der Waals surface area contributed by atoms with Crippen molar-refractivity contribution in [3.63, 3.8) is 0 Å². The summed E-state index contributed by atoms with van der Waals surface area (Å²) in [5, 5.41) is 2.17. The van der Waals surface area contributed by atoms with Gasteiger partial charge in [-0.15, -0.1) is 0 Å². The predicted octanol–water partition coefficient (Wildman–Crippen LogP) is 2.35. The molecule has 1 atom stereocenters. The van der Waals surface area contributed by atoms with Crippen LogP contribution in [0.2, 0.25) is 0 Å². The summed E-state index contributed by atoms with van der Waals surface area (Å²) in [6.07, 6.45) is -0.711. The van der Waals surface area contributed by atoms with Gasteiger partial charge in [-0.2, -0.15) is 0 Å². The van der Waals surface area contributed by atoms with Gasteiger partial charge in [0.1, 0.15) is 6.42 Å². The molecule has 0 bridgehead atoms. The first kappa shape index (κ1) is 29.8. The molecule has 0 fully saturated rings. The molecule has 0 saturated carbocycles. The number of thioether (sulfide) groups is 1. The molecule has 0 spiro atoms. The lowest BCUT2D eigenvalue weighted by molar-refractivity contribution is -0.187. The van der Waals surface area contributed by atoms with Crippen molar-refractivity contribution in [1.82, 2.24) is 10.2 Å². The highest BCUT2D eigenvalue weighted by Crippen LogP contribution is 2.26. The highest BCUT2D eigenvalue weighted by molar-refractivity contribution is 8.14. The molecule has 10 nitrogen and oxygen atoms in total. The van der Waals surface area contributed by atoms with Gasteiger partial charge in [0.05, 0.1) is 5.56 Å². The van der Waals surface area contributed by atoms with Crippen LogP contribution in [0.3, 0.4) is 0 Å². The first-order chi connectivity index (χ1) is 16.3. The van der Waals surface area contributed by atoms with Crippen LogP contribution in [0, 0.1) is 0 Å². The lowest BCUT2D eigenvalue weighted by atomic mass is 10.1. The van der Waals surface area contributed by atoms with Crippen molar-refractivity contribution in [2.24, 2.45) is 0 Å². The van der Waals surface area contributed by atoms with E-state index in [9.17, 15) is 28.8 Å². The number of nitrogens with one attached hydrogen (secondary N) is 1. The maximum absolute atomic E-state index is 12.6. The molecule has 0 aromatic heterocycles. The van der Waals surface area contributed by atoms with Crippen LogP contribution in [0.5, 0.6) is 0 Å². The van der Waals surface area contributed by atoms with Gasteiger partial charge in [-0.1, -0.05) is 30.0 Å². The predicted molar refractivity (Wildman–Crippen MR) is 130 cm³/mol. The molecule has 1 unspecified atom stereocenters. The molecule has 11 heteroatoms. The van der Waals surface area contributed by atoms with E-state index in [4.69, 9.17) is 9.47 Å². The van der Waals surface area contributed by atoms with E-state index in [0.29, 0.717) is 12.7 Å². The SMILES string of the molecule is CC(=O)NCC(C)(C)SC(=O)CC(=O)OC(CCCN(C)C(=O)c1ccccc1C=O)OC(C)=O. The standard InChI is InChI=1S/C24H32N2O8S/c1-16(28)25-15-24(3,4)35-21(31)13-20(30)34-22(33-17(2)29)11-8-12-26(5)23(32)19-10-7-6-9-18(19)14-27/h6-7,9-10,14,22H,8,11-13,15H2,1-5H3,(H,25,28). The van der Waals surface area contributed by atoms with Crippen molar-refractivity contribution in [3.05, 3.63) is 35.4 Å². The van der Waals surface area contributed by atoms with Gasteiger partial charge in [0.2, 0.25) is 17.3 Å². The molecule has 1 N–H and O–H groups in total. The summed E-state index contributed by atoms with van der Waals surface area (Å²) in [5.41, 5.74) is 0.546. The lowest BCUT2D eigenvalue weighted by Gasteiger charge is -2.23. The van der Waals surface area contributed by atoms with Crippen LogP contribution in [0.15, 0.2) is 24.3 Å². The number of amides is 2. The van der Waals surface area contributed by atoms with E-state index < -0.39 is 34.5 Å². The minimum atomic E-state index is -1.21. The van der Waals surface area contributed by atoms with E-state index in [-0.39, 0.29) is 42.5 Å². The fraction of sp³-hybridized carbons (Fsp3) is 0.500. The summed E-state index contributed by atoms with van der Waals surface area (Å²) < 4.78 is 9.58. The number of aldehydes is 1. The van der Waals surface area contributed by atoms with Crippen molar-refractivity contribution in [2.75, 3.05) is 20.1 Å². The van der Waals surface area contributed by atoms with Crippen molar-refractivity contribution < 1.29 is 38.2 Å². The lowest BCUT2D eigenvalue weighted by Crippen LogP contribution is -2.36. The minimum absolute atomic E-state index is 0.105. The zero-order valence-corrected chi connectivity index (χ0v) is 21.4. The summed E-state index contributed by atoms with van der Waals surface area (Å²) in [4.78, 5) is 72.2. The number of carbonyl (C=O) groups is 6. The van der Waals surface area contributed by atoms with Gasteiger partial charge >= 0.3 is 11.9 Å². The number of esters is 2. The van der Waals surface area contributed by atoms with Crippen LogP contribution in [0.4, 0.5) is 0 Å². The molecule has 0 aliphatic rings. The molecule has 0 heterocycles. The van der Waals surface area contributed by atoms with Crippen molar-refractivity contribution in [2.45, 2.75) is 58.0 Å². The third kappa shape index (κ3) is 11.7. The number of nitrogens with zero attached hydrogens (tertiary/aromatic N) is 1. The second-order valence-electron chi connectivity index (χ2n) is 8.42. The molecule has 1 aromatic carbocycles. The number of benzene rings is 1. The molecule has 1 aromatic rings. The van der Waals surface area contributed by atoms with Gasteiger partial charge in [-0.05, 0) is 26.3 Å². The molecule has 0 aliphatic heterocycles. The normalized spacial score (nSPS) is 11.7. The van der Waals surface area contributed by atoms with Gasteiger partial charge in [0.25, 0.3) is 5.91 Å². The van der Waals surface area contributed by atoms with E-state index in [1.165, 1.54) is 18.7 Å². The first-order valence-corrected chi connectivity index (χ1v) is 11.8. The van der Waals surface area contributed by atoms with Gasteiger partial charge in [0, 0.05) is 50.7 Å². The van der Waals surface area contributed by atoms with Crippen LogP contribution in [-0.2, 0) is 28.7 Å². The quantitative estimate of drug-likeness (QED) is 0.184. The Morgan fingerprint density at radius 3 is 2.37 bits per heavy atom. The van der Waals surface area contributed by atoms with Crippen LogP contribution < -0.4 is 5.32 Å². The smallest absolute Gasteiger partial charge is 0.317 e. The molecule has 0 saturated heterocycles. The maximum Gasteiger partial charge on any atom is 0.317 e. The van der Waals surface area contributed by atoms with Crippen LogP contribution in [0.25, 0.3) is 0 Å². The number of ether oxygens (including phenoxy) is 2. The fourth-order valence-electron chi connectivity index (χ4n) is 2.95. The second-order valence-corrected chi connectivity index (χ2v) is 10.2. The minimum Gasteiger partial charge on any atom is -0.425 e. The van der Waals surface area contributed by atoms with Gasteiger partial charge in [0.15, 0.2) is 6.29 Å². The summed E-state index contributed by atoms with van der Waals surface area (Å²) in [7, 11) is 1.56. The molecular formula is C24H32N2O8S. The van der Waals surface area contributed by atoms with Gasteiger partial charge in [-0.25, -0.2) is 0 Å². The molecule has 35 heavy (non-hydrogen) atoms. The molecule has 2 amide bonds. The Labute approximate surface area is 209 Å². The van der Waals surface area contributed by atoms with Crippen molar-refractivity contribution in [3.8, 4) is 0 Å². The second kappa shape index (κ2) is 14.2. The summed E-state index contributed by atoms with van der Waals surface area (Å²) in [6, 6.07) is 6.42. The summed E-state index contributed by atoms with van der Waals surface area (Å²) in [5.74, 6) is -2.09. The Hall–Kier alpha value is -3.21. The zero-order valence-electron chi connectivity index (χ0n) is 20.6. The van der Waals surface area contributed by atoms with E-state index in [0.717, 1.165) is 11.8 Å². The molecule has 1 rings (SSSR count). The van der Waals surface area contributed by atoms with E-state index in [1.54, 1.807) is 45.2 Å². The number of hydrogen-bond acceptors (Lipinski definition) is 9. The largest absolute Gasteiger partial charge is 0.425 e. The Balaban J connectivity index is 2.61. The highest BCUT2D eigenvalue weighted by atomic mass is 32.2. The summed E-state index contributed by atoms with van der Waals surface area (Å²) in [6.45, 7) is 6.53. The Morgan fingerprint density at radius 1 is 1.11 bits per heavy atom. The average molecular weight is 509 g/mol. The Kier molecular flexibility index (Phi) is 12.1. The van der Waals surface area contributed by atoms with Gasteiger partial charge in [-0.3, -0.25) is 28.8 Å². The zero-order chi connectivity index (χ0) is 26.6.